The number of hydrogen-bond donors (Lipinski definition) is 0. The molecule has 0 amide bonds. The van der Waals surface area contributed by atoms with Crippen molar-refractivity contribution < 1.29 is 9.21 Å². The Labute approximate surface area is 111 Å². The molecule has 0 N–H and O–H groups in total. The van der Waals surface area contributed by atoms with E-state index in [9.17, 15) is 4.79 Å². The van der Waals surface area contributed by atoms with Crippen LogP contribution in [0.3, 0.4) is 0 Å². The van der Waals surface area contributed by atoms with Crippen molar-refractivity contribution in [1.29, 1.82) is 0 Å². The molecule has 2 heteroatoms. The second-order valence-electron chi connectivity index (χ2n) is 5.08. The standard InChI is InChI=1S/C16H26O2/c1-3-4-5-6-7-8-9-10-11-15(17)16-14(2)12-13-18-16/h12-13H,3-11H2,1-2H3. The van der Waals surface area contributed by atoms with E-state index >= 15 is 0 Å². The molecular weight excluding hydrogens is 224 g/mol. The molecular formula is C16H26O2. The van der Waals surface area contributed by atoms with E-state index in [4.69, 9.17) is 4.42 Å². The zero-order chi connectivity index (χ0) is 13.2. The van der Waals surface area contributed by atoms with E-state index in [1.165, 1.54) is 38.5 Å². The molecule has 0 saturated carbocycles. The van der Waals surface area contributed by atoms with Crippen LogP contribution in [0.5, 0.6) is 0 Å². The first-order valence-corrected chi connectivity index (χ1v) is 7.33. The lowest BCUT2D eigenvalue weighted by Crippen LogP contribution is -1.98. The molecule has 0 aromatic carbocycles. The predicted octanol–water partition coefficient (Wildman–Crippen LogP) is 5.30. The van der Waals surface area contributed by atoms with E-state index < -0.39 is 0 Å². The molecule has 1 heterocycles. The van der Waals surface area contributed by atoms with Gasteiger partial charge in [0.1, 0.15) is 0 Å². The predicted molar refractivity (Wildman–Crippen MR) is 75.0 cm³/mol. The van der Waals surface area contributed by atoms with Gasteiger partial charge in [-0.3, -0.25) is 4.79 Å². The summed E-state index contributed by atoms with van der Waals surface area (Å²) in [5, 5.41) is 0. The fourth-order valence-corrected chi connectivity index (χ4v) is 2.19. The van der Waals surface area contributed by atoms with Crippen LogP contribution in [-0.4, -0.2) is 5.78 Å². The molecule has 0 aliphatic rings. The van der Waals surface area contributed by atoms with Crippen molar-refractivity contribution in [3.63, 3.8) is 0 Å². The summed E-state index contributed by atoms with van der Waals surface area (Å²) in [6.45, 7) is 4.16. The summed E-state index contributed by atoms with van der Waals surface area (Å²) in [6, 6.07) is 1.85. The van der Waals surface area contributed by atoms with Crippen LogP contribution in [0.25, 0.3) is 0 Å². The Balaban J connectivity index is 2.01. The molecule has 1 aromatic rings. The quantitative estimate of drug-likeness (QED) is 0.416. The van der Waals surface area contributed by atoms with Gasteiger partial charge in [-0.25, -0.2) is 0 Å². The molecule has 0 radical (unpaired) electrons. The highest BCUT2D eigenvalue weighted by Crippen LogP contribution is 2.15. The van der Waals surface area contributed by atoms with Gasteiger partial charge in [-0.1, -0.05) is 51.9 Å². The number of rotatable bonds is 10. The van der Waals surface area contributed by atoms with Crippen molar-refractivity contribution in [1.82, 2.24) is 0 Å². The summed E-state index contributed by atoms with van der Waals surface area (Å²) in [6.07, 6.45) is 12.3. The first-order chi connectivity index (χ1) is 8.75. The molecule has 102 valence electrons. The minimum absolute atomic E-state index is 0.156. The van der Waals surface area contributed by atoms with Crippen LogP contribution in [0.2, 0.25) is 0 Å². The van der Waals surface area contributed by atoms with Gasteiger partial charge in [0.05, 0.1) is 6.26 Å². The number of Topliss-reactive ketones (excluding diaryl/α,β-unsaturated/α-hetero) is 1. The molecule has 2 nitrogen and oxygen atoms in total. The first-order valence-electron chi connectivity index (χ1n) is 7.33. The number of aryl methyl sites for hydroxylation is 1. The van der Waals surface area contributed by atoms with Crippen molar-refractivity contribution in [2.45, 2.75) is 71.6 Å². The van der Waals surface area contributed by atoms with Crippen molar-refractivity contribution in [3.8, 4) is 0 Å². The minimum atomic E-state index is 0.156. The van der Waals surface area contributed by atoms with Crippen LogP contribution >= 0.6 is 0 Å². The van der Waals surface area contributed by atoms with Gasteiger partial charge in [0, 0.05) is 6.42 Å². The molecule has 18 heavy (non-hydrogen) atoms. The topological polar surface area (TPSA) is 30.2 Å². The van der Waals surface area contributed by atoms with Crippen molar-refractivity contribution in [3.05, 3.63) is 23.7 Å². The third-order valence-electron chi connectivity index (χ3n) is 3.37. The maximum absolute atomic E-state index is 11.8. The summed E-state index contributed by atoms with van der Waals surface area (Å²) in [7, 11) is 0. The van der Waals surface area contributed by atoms with Gasteiger partial charge in [-0.15, -0.1) is 0 Å². The SMILES string of the molecule is CCCCCCCCCCC(=O)c1occc1C. The average Bonchev–Trinajstić information content (AvgIpc) is 2.79. The highest BCUT2D eigenvalue weighted by molar-refractivity contribution is 5.94. The largest absolute Gasteiger partial charge is 0.461 e. The highest BCUT2D eigenvalue weighted by atomic mass is 16.3. The van der Waals surface area contributed by atoms with E-state index in [1.54, 1.807) is 6.26 Å². The fourth-order valence-electron chi connectivity index (χ4n) is 2.19. The van der Waals surface area contributed by atoms with Gasteiger partial charge in [-0.2, -0.15) is 0 Å². The van der Waals surface area contributed by atoms with Gasteiger partial charge in [0.15, 0.2) is 11.5 Å². The molecule has 0 aliphatic carbocycles. The van der Waals surface area contributed by atoms with Crippen LogP contribution < -0.4 is 0 Å². The molecule has 1 aromatic heterocycles. The Bertz CT molecular complexity index is 339. The van der Waals surface area contributed by atoms with Crippen LogP contribution in [0.4, 0.5) is 0 Å². The number of carbonyl (C=O) groups is 1. The lowest BCUT2D eigenvalue weighted by atomic mass is 10.0. The number of furan rings is 1. The number of carbonyl (C=O) groups excluding carboxylic acids is 1. The molecule has 0 spiro atoms. The molecule has 0 aliphatic heterocycles. The number of hydrogen-bond acceptors (Lipinski definition) is 2. The van der Waals surface area contributed by atoms with E-state index in [0.29, 0.717) is 12.2 Å². The lowest BCUT2D eigenvalue weighted by Gasteiger charge is -2.01. The molecule has 0 saturated heterocycles. The zero-order valence-corrected chi connectivity index (χ0v) is 11.8. The normalized spacial score (nSPS) is 10.8. The Morgan fingerprint density at radius 2 is 1.67 bits per heavy atom. The summed E-state index contributed by atoms with van der Waals surface area (Å²) in [5.41, 5.74) is 0.958. The van der Waals surface area contributed by atoms with Gasteiger partial charge in [-0.05, 0) is 25.0 Å². The Morgan fingerprint density at radius 3 is 2.22 bits per heavy atom. The van der Waals surface area contributed by atoms with E-state index in [-0.39, 0.29) is 5.78 Å². The van der Waals surface area contributed by atoms with Crippen molar-refractivity contribution >= 4 is 5.78 Å². The Hall–Kier alpha value is -1.05. The van der Waals surface area contributed by atoms with Crippen molar-refractivity contribution in [2.24, 2.45) is 0 Å². The van der Waals surface area contributed by atoms with Gasteiger partial charge < -0.3 is 4.42 Å². The molecule has 0 bridgehead atoms. The molecule has 0 atom stereocenters. The van der Waals surface area contributed by atoms with Crippen LogP contribution in [-0.2, 0) is 0 Å². The Morgan fingerprint density at radius 1 is 1.06 bits per heavy atom. The maximum Gasteiger partial charge on any atom is 0.198 e. The molecule has 0 unspecified atom stereocenters. The summed E-state index contributed by atoms with van der Waals surface area (Å²) < 4.78 is 5.20. The molecule has 1 rings (SSSR count). The van der Waals surface area contributed by atoms with Crippen LogP contribution in [0.1, 0.15) is 80.8 Å². The fraction of sp³-hybridized carbons (Fsp3) is 0.688. The van der Waals surface area contributed by atoms with Gasteiger partial charge >= 0.3 is 0 Å². The van der Waals surface area contributed by atoms with Crippen molar-refractivity contribution in [2.75, 3.05) is 0 Å². The summed E-state index contributed by atoms with van der Waals surface area (Å²) in [5.74, 6) is 0.710. The second kappa shape index (κ2) is 8.96. The van der Waals surface area contributed by atoms with E-state index in [1.807, 2.05) is 13.0 Å². The van der Waals surface area contributed by atoms with Crippen LogP contribution in [0, 0.1) is 6.92 Å². The number of unbranched alkanes of at least 4 members (excludes halogenated alkanes) is 7. The Kier molecular flexibility index (Phi) is 7.47. The third-order valence-corrected chi connectivity index (χ3v) is 3.37. The van der Waals surface area contributed by atoms with E-state index in [2.05, 4.69) is 6.92 Å². The summed E-state index contributed by atoms with van der Waals surface area (Å²) >= 11 is 0. The van der Waals surface area contributed by atoms with Crippen LogP contribution in [0.15, 0.2) is 16.7 Å². The lowest BCUT2D eigenvalue weighted by molar-refractivity contribution is 0.0951. The maximum atomic E-state index is 11.8. The zero-order valence-electron chi connectivity index (χ0n) is 11.8. The summed E-state index contributed by atoms with van der Waals surface area (Å²) in [4.78, 5) is 11.8. The molecule has 0 fully saturated rings. The van der Waals surface area contributed by atoms with E-state index in [0.717, 1.165) is 18.4 Å². The first kappa shape index (κ1) is 15.0. The van der Waals surface area contributed by atoms with Gasteiger partial charge in [0.2, 0.25) is 0 Å². The second-order valence-corrected chi connectivity index (χ2v) is 5.08. The highest BCUT2D eigenvalue weighted by Gasteiger charge is 2.11. The van der Waals surface area contributed by atoms with Gasteiger partial charge in [0.25, 0.3) is 0 Å². The minimum Gasteiger partial charge on any atom is -0.461 e. The monoisotopic (exact) mass is 250 g/mol. The smallest absolute Gasteiger partial charge is 0.198 e. The number of ketones is 1. The average molecular weight is 250 g/mol. The third kappa shape index (κ3) is 5.52.